The lowest BCUT2D eigenvalue weighted by Crippen LogP contribution is -2.17. The zero-order valence-electron chi connectivity index (χ0n) is 22.6. The van der Waals surface area contributed by atoms with Crippen LogP contribution in [0.1, 0.15) is 56.9 Å². The molecular weight excluding hydrogens is 484 g/mol. The number of methoxy groups -OCH3 is 2. The normalized spacial score (nSPS) is 16.9. The predicted molar refractivity (Wildman–Crippen MR) is 147 cm³/mol. The lowest BCUT2D eigenvalue weighted by Gasteiger charge is -2.30. The lowest BCUT2D eigenvalue weighted by atomic mass is 9.76. The number of hydrogen-bond acceptors (Lipinski definition) is 7. The van der Waals surface area contributed by atoms with Gasteiger partial charge in [-0.05, 0) is 72.9 Å². The van der Waals surface area contributed by atoms with Gasteiger partial charge in [0.05, 0.1) is 31.5 Å². The minimum Gasteiger partial charge on any atom is -0.496 e. The molecule has 0 aromatic heterocycles. The highest BCUT2D eigenvalue weighted by Crippen LogP contribution is 2.43. The van der Waals surface area contributed by atoms with Crippen molar-refractivity contribution in [3.63, 3.8) is 0 Å². The average Bonchev–Trinajstić information content (AvgIpc) is 2.93. The summed E-state index contributed by atoms with van der Waals surface area (Å²) in [5.74, 6) is 1.12. The van der Waals surface area contributed by atoms with Crippen molar-refractivity contribution in [1.82, 2.24) is 0 Å². The molecule has 0 unspecified atom stereocenters. The lowest BCUT2D eigenvalue weighted by molar-refractivity contribution is -0.131. The number of carbonyl (C=O) groups excluding carboxylic acids is 2. The first-order chi connectivity index (χ1) is 18.3. The van der Waals surface area contributed by atoms with E-state index in [1.54, 1.807) is 19.2 Å². The number of hydrogen-bond donors (Lipinski definition) is 1. The molecule has 0 spiro atoms. The Hall–Kier alpha value is -3.42. The fourth-order valence-corrected chi connectivity index (χ4v) is 4.92. The van der Waals surface area contributed by atoms with Crippen molar-refractivity contribution < 1.29 is 33.6 Å². The largest absolute Gasteiger partial charge is 0.496 e. The fourth-order valence-electron chi connectivity index (χ4n) is 4.92. The Morgan fingerprint density at radius 2 is 1.63 bits per heavy atom. The van der Waals surface area contributed by atoms with E-state index < -0.39 is 18.5 Å². The topological polar surface area (TPSA) is 91.3 Å². The number of rotatable bonds is 12. The second-order valence-electron chi connectivity index (χ2n) is 9.70. The van der Waals surface area contributed by atoms with E-state index in [-0.39, 0.29) is 29.4 Å². The van der Waals surface area contributed by atoms with Gasteiger partial charge in [0.15, 0.2) is 0 Å². The maximum absolute atomic E-state index is 12.6. The van der Waals surface area contributed by atoms with Gasteiger partial charge in [0.2, 0.25) is 0 Å². The van der Waals surface area contributed by atoms with Crippen LogP contribution >= 0.6 is 0 Å². The summed E-state index contributed by atoms with van der Waals surface area (Å²) in [6, 6.07) is 10.9. The standard InChI is InChI=1S/C31H38O7/c1-6-7-22-8-10-23(11-9-22)27-16-24(12-15-28(27)38-31(34)21(3)19-35-4)26-14-13-25(17-29(26)36-5)37-30(33)20(2)18-32/h12-17,22-23,32H,2-3,6-11,18-19H2,1,4-5H3. The molecular formula is C31H38O7. The Morgan fingerprint density at radius 1 is 0.921 bits per heavy atom. The molecule has 0 amide bonds. The molecule has 1 N–H and O–H groups in total. The van der Waals surface area contributed by atoms with Crippen LogP contribution in [0.3, 0.4) is 0 Å². The summed E-state index contributed by atoms with van der Waals surface area (Å²) in [6.07, 6.45) is 6.78. The van der Waals surface area contributed by atoms with E-state index in [2.05, 4.69) is 26.1 Å². The molecule has 3 rings (SSSR count). The first-order valence-corrected chi connectivity index (χ1v) is 13.0. The maximum atomic E-state index is 12.6. The molecule has 1 aliphatic rings. The van der Waals surface area contributed by atoms with Crippen molar-refractivity contribution in [3.05, 3.63) is 66.3 Å². The SMILES string of the molecule is C=C(CO)C(=O)Oc1ccc(-c2ccc(OC(=O)C(=C)COC)c(C3CCC(CCC)CC3)c2)c(OC)c1. The van der Waals surface area contributed by atoms with Gasteiger partial charge in [-0.25, -0.2) is 9.59 Å². The second kappa shape index (κ2) is 13.9. The molecule has 2 aromatic rings. The maximum Gasteiger partial charge on any atom is 0.341 e. The number of aliphatic hydroxyl groups is 1. The Morgan fingerprint density at radius 3 is 2.26 bits per heavy atom. The second-order valence-corrected chi connectivity index (χ2v) is 9.70. The van der Waals surface area contributed by atoms with Gasteiger partial charge in [-0.3, -0.25) is 0 Å². The first-order valence-electron chi connectivity index (χ1n) is 13.0. The van der Waals surface area contributed by atoms with Crippen molar-refractivity contribution in [3.8, 4) is 28.4 Å². The highest BCUT2D eigenvalue weighted by Gasteiger charge is 2.26. The van der Waals surface area contributed by atoms with Crippen LogP contribution < -0.4 is 14.2 Å². The molecule has 0 saturated heterocycles. The number of esters is 2. The van der Waals surface area contributed by atoms with E-state index in [1.165, 1.54) is 20.0 Å². The van der Waals surface area contributed by atoms with Gasteiger partial charge in [-0.2, -0.15) is 0 Å². The van der Waals surface area contributed by atoms with Gasteiger partial charge in [0.25, 0.3) is 0 Å². The zero-order chi connectivity index (χ0) is 27.7. The van der Waals surface area contributed by atoms with Gasteiger partial charge < -0.3 is 24.1 Å². The van der Waals surface area contributed by atoms with Crippen LogP contribution in [-0.2, 0) is 14.3 Å². The van der Waals surface area contributed by atoms with Crippen molar-refractivity contribution in [2.45, 2.75) is 51.4 Å². The van der Waals surface area contributed by atoms with Crippen LogP contribution in [0.4, 0.5) is 0 Å². The smallest absolute Gasteiger partial charge is 0.341 e. The van der Waals surface area contributed by atoms with Crippen LogP contribution in [0.25, 0.3) is 11.1 Å². The van der Waals surface area contributed by atoms with Gasteiger partial charge >= 0.3 is 11.9 Å². The van der Waals surface area contributed by atoms with Crippen LogP contribution in [0.2, 0.25) is 0 Å². The highest BCUT2D eigenvalue weighted by atomic mass is 16.5. The Bertz CT molecular complexity index is 1160. The van der Waals surface area contributed by atoms with E-state index in [1.807, 2.05) is 18.2 Å². The third-order valence-corrected chi connectivity index (χ3v) is 6.98. The number of ether oxygens (including phenoxy) is 4. The summed E-state index contributed by atoms with van der Waals surface area (Å²) >= 11 is 0. The molecule has 2 aromatic carbocycles. The van der Waals surface area contributed by atoms with E-state index in [0.29, 0.717) is 11.5 Å². The van der Waals surface area contributed by atoms with E-state index in [0.717, 1.165) is 48.3 Å². The Balaban J connectivity index is 1.94. The number of aliphatic hydroxyl groups excluding tert-OH is 1. The summed E-state index contributed by atoms with van der Waals surface area (Å²) in [5.41, 5.74) is 2.89. The monoisotopic (exact) mass is 522 g/mol. The van der Waals surface area contributed by atoms with Gasteiger partial charge in [0, 0.05) is 18.7 Å². The minimum atomic E-state index is -0.704. The minimum absolute atomic E-state index is 0.0374. The summed E-state index contributed by atoms with van der Waals surface area (Å²) < 4.78 is 21.7. The van der Waals surface area contributed by atoms with Crippen molar-refractivity contribution in [2.75, 3.05) is 27.4 Å². The molecule has 0 atom stereocenters. The molecule has 7 nitrogen and oxygen atoms in total. The predicted octanol–water partition coefficient (Wildman–Crippen LogP) is 6.00. The molecule has 0 heterocycles. The first kappa shape index (κ1) is 29.1. The van der Waals surface area contributed by atoms with Crippen LogP contribution in [0.15, 0.2) is 60.7 Å². The van der Waals surface area contributed by atoms with Gasteiger partial charge in [-0.1, -0.05) is 39.0 Å². The van der Waals surface area contributed by atoms with Crippen LogP contribution in [0, 0.1) is 5.92 Å². The number of benzene rings is 2. The average molecular weight is 523 g/mol. The quantitative estimate of drug-likeness (QED) is 0.208. The summed E-state index contributed by atoms with van der Waals surface area (Å²) in [6.45, 7) is 9.12. The van der Waals surface area contributed by atoms with Crippen molar-refractivity contribution in [1.29, 1.82) is 0 Å². The molecule has 1 saturated carbocycles. The van der Waals surface area contributed by atoms with Crippen molar-refractivity contribution in [2.24, 2.45) is 5.92 Å². The van der Waals surface area contributed by atoms with E-state index in [9.17, 15) is 9.59 Å². The van der Waals surface area contributed by atoms with Crippen molar-refractivity contribution >= 4 is 11.9 Å². The molecule has 0 radical (unpaired) electrons. The summed E-state index contributed by atoms with van der Waals surface area (Å²) in [4.78, 5) is 24.7. The highest BCUT2D eigenvalue weighted by molar-refractivity contribution is 5.90. The molecule has 38 heavy (non-hydrogen) atoms. The van der Waals surface area contributed by atoms with Gasteiger partial charge in [0.1, 0.15) is 17.2 Å². The molecule has 204 valence electrons. The molecule has 1 fully saturated rings. The molecule has 0 aliphatic heterocycles. The molecule has 0 bridgehead atoms. The third kappa shape index (κ3) is 7.33. The van der Waals surface area contributed by atoms with Crippen LogP contribution in [-0.4, -0.2) is 44.5 Å². The fraction of sp³-hybridized carbons (Fsp3) is 0.419. The van der Waals surface area contributed by atoms with Gasteiger partial charge in [-0.15, -0.1) is 0 Å². The molecule has 1 aliphatic carbocycles. The summed E-state index contributed by atoms with van der Waals surface area (Å²) in [7, 11) is 3.06. The Labute approximate surface area is 225 Å². The number of carbonyl (C=O) groups is 2. The van der Waals surface area contributed by atoms with E-state index >= 15 is 0 Å². The zero-order valence-corrected chi connectivity index (χ0v) is 22.6. The van der Waals surface area contributed by atoms with Crippen LogP contribution in [0.5, 0.6) is 17.2 Å². The van der Waals surface area contributed by atoms with E-state index in [4.69, 9.17) is 24.1 Å². The molecule has 7 heteroatoms. The third-order valence-electron chi connectivity index (χ3n) is 6.98. The Kier molecular flexibility index (Phi) is 10.7. The summed E-state index contributed by atoms with van der Waals surface area (Å²) in [5, 5.41) is 9.12.